The van der Waals surface area contributed by atoms with Crippen LogP contribution >= 0.6 is 0 Å². The molecule has 0 aromatic carbocycles. The minimum atomic E-state index is -0.406. The predicted molar refractivity (Wildman–Crippen MR) is 91.9 cm³/mol. The lowest BCUT2D eigenvalue weighted by atomic mass is 10.2. The van der Waals surface area contributed by atoms with E-state index in [1.54, 1.807) is 60.5 Å². The Balaban J connectivity index is 1.92. The van der Waals surface area contributed by atoms with Gasteiger partial charge in [-0.05, 0) is 43.3 Å². The summed E-state index contributed by atoms with van der Waals surface area (Å²) in [7, 11) is 0. The average molecular weight is 333 g/mol. The monoisotopic (exact) mass is 333 g/mol. The molecule has 25 heavy (non-hydrogen) atoms. The molecule has 0 spiro atoms. The van der Waals surface area contributed by atoms with Gasteiger partial charge >= 0.3 is 5.97 Å². The summed E-state index contributed by atoms with van der Waals surface area (Å²) in [6.45, 7) is 2.06. The number of ether oxygens (including phenoxy) is 1. The molecule has 3 aromatic rings. The lowest BCUT2D eigenvalue weighted by Crippen LogP contribution is -2.06. The van der Waals surface area contributed by atoms with Gasteiger partial charge in [-0.2, -0.15) is 5.26 Å². The normalized spacial score (nSPS) is 10.7. The Morgan fingerprint density at radius 3 is 3.00 bits per heavy atom. The van der Waals surface area contributed by atoms with Crippen molar-refractivity contribution in [1.82, 2.24) is 9.55 Å². The van der Waals surface area contributed by atoms with Crippen LogP contribution in [0.5, 0.6) is 0 Å². The standard InChI is InChI=1S/C19H15N3O3/c1-2-24-19(23)14-7-8-21-18(10-14)22-12-15(16(11-20)13-22)5-6-17-4-3-9-25-17/h3-10,12-13H,2H2,1H3/b6-5+. The third-order valence-electron chi connectivity index (χ3n) is 3.47. The fourth-order valence-corrected chi connectivity index (χ4v) is 2.29. The van der Waals surface area contributed by atoms with E-state index >= 15 is 0 Å². The van der Waals surface area contributed by atoms with Crippen LogP contribution in [-0.2, 0) is 4.74 Å². The predicted octanol–water partition coefficient (Wildman–Crippen LogP) is 3.68. The summed E-state index contributed by atoms with van der Waals surface area (Å²) in [4.78, 5) is 16.1. The first kappa shape index (κ1) is 16.3. The van der Waals surface area contributed by atoms with Crippen molar-refractivity contribution in [2.75, 3.05) is 6.61 Å². The lowest BCUT2D eigenvalue weighted by Gasteiger charge is -2.05. The van der Waals surface area contributed by atoms with Gasteiger partial charge < -0.3 is 13.7 Å². The van der Waals surface area contributed by atoms with Gasteiger partial charge in [-0.1, -0.05) is 0 Å². The van der Waals surface area contributed by atoms with Crippen LogP contribution in [0.25, 0.3) is 18.0 Å². The van der Waals surface area contributed by atoms with Crippen LogP contribution in [0.1, 0.15) is 34.2 Å². The number of furan rings is 1. The second-order valence-electron chi connectivity index (χ2n) is 5.12. The molecular weight excluding hydrogens is 318 g/mol. The van der Waals surface area contributed by atoms with Gasteiger partial charge in [-0.15, -0.1) is 0 Å². The number of carbonyl (C=O) groups is 1. The van der Waals surface area contributed by atoms with Gasteiger partial charge in [0.1, 0.15) is 17.6 Å². The van der Waals surface area contributed by atoms with E-state index in [0.29, 0.717) is 29.3 Å². The van der Waals surface area contributed by atoms with Crippen molar-refractivity contribution in [3.05, 3.63) is 71.6 Å². The molecule has 6 nitrogen and oxygen atoms in total. The van der Waals surface area contributed by atoms with E-state index in [9.17, 15) is 10.1 Å². The van der Waals surface area contributed by atoms with Crippen molar-refractivity contribution in [2.24, 2.45) is 0 Å². The molecule has 0 saturated heterocycles. The van der Waals surface area contributed by atoms with E-state index < -0.39 is 5.97 Å². The van der Waals surface area contributed by atoms with Gasteiger partial charge in [0.05, 0.1) is 24.0 Å². The zero-order valence-corrected chi connectivity index (χ0v) is 13.5. The third kappa shape index (κ3) is 3.67. The molecule has 0 radical (unpaired) electrons. The van der Waals surface area contributed by atoms with E-state index in [1.807, 2.05) is 6.07 Å². The Hall–Kier alpha value is -3.59. The summed E-state index contributed by atoms with van der Waals surface area (Å²) in [5.41, 5.74) is 1.63. The number of hydrogen-bond donors (Lipinski definition) is 0. The lowest BCUT2D eigenvalue weighted by molar-refractivity contribution is 0.0526. The molecule has 0 aliphatic carbocycles. The van der Waals surface area contributed by atoms with Crippen molar-refractivity contribution < 1.29 is 13.9 Å². The molecule has 0 N–H and O–H groups in total. The van der Waals surface area contributed by atoms with Crippen LogP contribution in [0.3, 0.4) is 0 Å². The van der Waals surface area contributed by atoms with E-state index in [4.69, 9.17) is 9.15 Å². The molecule has 0 aliphatic heterocycles. The van der Waals surface area contributed by atoms with Crippen molar-refractivity contribution in [3.8, 4) is 11.9 Å². The Morgan fingerprint density at radius 2 is 2.28 bits per heavy atom. The van der Waals surface area contributed by atoms with Gasteiger partial charge in [-0.25, -0.2) is 9.78 Å². The van der Waals surface area contributed by atoms with E-state index in [-0.39, 0.29) is 0 Å². The highest BCUT2D eigenvalue weighted by Crippen LogP contribution is 2.18. The second kappa shape index (κ2) is 7.32. The minimum absolute atomic E-state index is 0.306. The summed E-state index contributed by atoms with van der Waals surface area (Å²) in [5, 5.41) is 9.33. The number of esters is 1. The molecule has 0 fully saturated rings. The first-order valence-corrected chi connectivity index (χ1v) is 7.68. The first-order chi connectivity index (χ1) is 12.2. The molecule has 124 valence electrons. The topological polar surface area (TPSA) is 81.0 Å². The number of pyridine rings is 1. The van der Waals surface area contributed by atoms with Crippen LogP contribution in [0.15, 0.2) is 53.5 Å². The van der Waals surface area contributed by atoms with Crippen LogP contribution in [0, 0.1) is 11.3 Å². The van der Waals surface area contributed by atoms with Crippen molar-refractivity contribution in [2.45, 2.75) is 6.92 Å². The van der Waals surface area contributed by atoms with Gasteiger partial charge in [0.15, 0.2) is 0 Å². The van der Waals surface area contributed by atoms with Gasteiger partial charge in [-0.3, -0.25) is 0 Å². The zero-order valence-electron chi connectivity index (χ0n) is 13.5. The van der Waals surface area contributed by atoms with Crippen molar-refractivity contribution >= 4 is 18.1 Å². The number of hydrogen-bond acceptors (Lipinski definition) is 5. The second-order valence-corrected chi connectivity index (χ2v) is 5.12. The number of nitriles is 1. The zero-order chi connectivity index (χ0) is 17.6. The van der Waals surface area contributed by atoms with Crippen LogP contribution in [0.2, 0.25) is 0 Å². The summed E-state index contributed by atoms with van der Waals surface area (Å²) in [6.07, 6.45) is 10.1. The highest BCUT2D eigenvalue weighted by atomic mass is 16.5. The highest BCUT2D eigenvalue weighted by molar-refractivity contribution is 5.89. The van der Waals surface area contributed by atoms with E-state index in [1.165, 1.54) is 6.20 Å². The van der Waals surface area contributed by atoms with Gasteiger partial charge in [0, 0.05) is 24.2 Å². The Bertz CT molecular complexity index is 947. The molecule has 3 aromatic heterocycles. The molecule has 0 saturated carbocycles. The Labute approximate surface area is 144 Å². The summed E-state index contributed by atoms with van der Waals surface area (Å²) >= 11 is 0. The van der Waals surface area contributed by atoms with Gasteiger partial charge in [0.2, 0.25) is 0 Å². The molecule has 0 atom stereocenters. The number of carbonyl (C=O) groups excluding carboxylic acids is 1. The molecular formula is C19H15N3O3. The third-order valence-corrected chi connectivity index (χ3v) is 3.47. The number of rotatable bonds is 5. The van der Waals surface area contributed by atoms with Crippen molar-refractivity contribution in [3.63, 3.8) is 0 Å². The molecule has 6 heteroatoms. The van der Waals surface area contributed by atoms with E-state index in [0.717, 1.165) is 5.56 Å². The van der Waals surface area contributed by atoms with Crippen LogP contribution in [0.4, 0.5) is 0 Å². The maximum atomic E-state index is 11.9. The molecule has 0 unspecified atom stereocenters. The summed E-state index contributed by atoms with van der Waals surface area (Å²) < 4.78 is 11.9. The summed E-state index contributed by atoms with van der Waals surface area (Å²) in [6, 6.07) is 8.98. The van der Waals surface area contributed by atoms with Gasteiger partial charge in [0.25, 0.3) is 0 Å². The molecule has 0 bridgehead atoms. The molecule has 0 amide bonds. The average Bonchev–Trinajstić information content (AvgIpc) is 3.29. The fourth-order valence-electron chi connectivity index (χ4n) is 2.29. The SMILES string of the molecule is CCOC(=O)c1ccnc(-n2cc(C#N)c(/C=C/c3ccco3)c2)c1. The molecule has 0 aliphatic rings. The van der Waals surface area contributed by atoms with Crippen LogP contribution in [-0.4, -0.2) is 22.1 Å². The minimum Gasteiger partial charge on any atom is -0.465 e. The van der Waals surface area contributed by atoms with Crippen molar-refractivity contribution in [1.29, 1.82) is 5.26 Å². The number of nitrogens with zero attached hydrogens (tertiary/aromatic N) is 3. The number of aromatic nitrogens is 2. The Kier molecular flexibility index (Phi) is 4.77. The molecule has 3 heterocycles. The van der Waals surface area contributed by atoms with Crippen LogP contribution < -0.4 is 0 Å². The largest absolute Gasteiger partial charge is 0.465 e. The van der Waals surface area contributed by atoms with E-state index in [2.05, 4.69) is 11.1 Å². The Morgan fingerprint density at radius 1 is 1.40 bits per heavy atom. The highest BCUT2D eigenvalue weighted by Gasteiger charge is 2.10. The molecule has 3 rings (SSSR count). The smallest absolute Gasteiger partial charge is 0.338 e. The fraction of sp³-hybridized carbons (Fsp3) is 0.105. The summed E-state index contributed by atoms with van der Waals surface area (Å²) in [5.74, 6) is 0.815. The maximum Gasteiger partial charge on any atom is 0.338 e. The quantitative estimate of drug-likeness (QED) is 0.665. The maximum absolute atomic E-state index is 11.9. The first-order valence-electron chi connectivity index (χ1n) is 7.68.